The van der Waals surface area contributed by atoms with Crippen molar-refractivity contribution in [3.8, 4) is 0 Å². The molecule has 1 fully saturated rings. The first-order chi connectivity index (χ1) is 10.7. The number of furan rings is 1. The van der Waals surface area contributed by atoms with E-state index in [1.54, 1.807) is 6.26 Å². The zero-order valence-corrected chi connectivity index (χ0v) is 13.4. The third kappa shape index (κ3) is 3.02. The molecule has 1 aliphatic carbocycles. The normalized spacial score (nSPS) is 15.5. The van der Waals surface area contributed by atoms with Crippen molar-refractivity contribution >= 4 is 5.78 Å². The molecule has 1 saturated carbocycles. The average molecular weight is 300 g/mol. The monoisotopic (exact) mass is 300 g/mol. The molecule has 0 saturated heterocycles. The lowest BCUT2D eigenvalue weighted by molar-refractivity contribution is 0.0989. The summed E-state index contributed by atoms with van der Waals surface area (Å²) in [5.74, 6) is 1.01. The highest BCUT2D eigenvalue weighted by molar-refractivity contribution is 5.99. The quantitative estimate of drug-likeness (QED) is 0.826. The van der Waals surface area contributed by atoms with Gasteiger partial charge in [-0.3, -0.25) is 4.79 Å². The molecule has 0 spiro atoms. The summed E-state index contributed by atoms with van der Waals surface area (Å²) in [4.78, 5) is 12.5. The van der Waals surface area contributed by atoms with Crippen molar-refractivity contribution in [2.24, 2.45) is 0 Å². The third-order valence-electron chi connectivity index (χ3n) is 4.64. The van der Waals surface area contributed by atoms with Gasteiger partial charge < -0.3 is 14.3 Å². The minimum Gasteiger partial charge on any atom is -0.468 e. The maximum absolute atomic E-state index is 12.5. The van der Waals surface area contributed by atoms with Crippen LogP contribution >= 0.6 is 0 Å². The van der Waals surface area contributed by atoms with Gasteiger partial charge in [0.2, 0.25) is 0 Å². The van der Waals surface area contributed by atoms with Gasteiger partial charge >= 0.3 is 0 Å². The molecule has 0 aliphatic heterocycles. The van der Waals surface area contributed by atoms with Crippen molar-refractivity contribution in [1.29, 1.82) is 0 Å². The van der Waals surface area contributed by atoms with E-state index in [1.165, 1.54) is 31.4 Å². The van der Waals surface area contributed by atoms with Crippen molar-refractivity contribution in [2.45, 2.75) is 52.1 Å². The molecule has 4 nitrogen and oxygen atoms in total. The van der Waals surface area contributed by atoms with E-state index < -0.39 is 0 Å². The number of rotatable bonds is 6. The number of ketones is 1. The molecule has 1 N–H and O–H groups in total. The van der Waals surface area contributed by atoms with Crippen LogP contribution in [0.4, 0.5) is 0 Å². The number of nitrogens with one attached hydrogen (secondary N) is 1. The molecule has 118 valence electrons. The average Bonchev–Trinajstić information content (AvgIpc) is 3.21. The zero-order valence-electron chi connectivity index (χ0n) is 13.4. The van der Waals surface area contributed by atoms with Crippen LogP contribution in [0.5, 0.6) is 0 Å². The molecular weight excluding hydrogens is 276 g/mol. The van der Waals surface area contributed by atoms with E-state index in [-0.39, 0.29) is 5.78 Å². The fourth-order valence-corrected chi connectivity index (χ4v) is 3.59. The molecule has 0 aromatic carbocycles. The zero-order chi connectivity index (χ0) is 15.5. The maximum atomic E-state index is 12.5. The second kappa shape index (κ2) is 6.53. The van der Waals surface area contributed by atoms with Gasteiger partial charge in [0.15, 0.2) is 5.78 Å². The van der Waals surface area contributed by atoms with E-state index in [9.17, 15) is 4.79 Å². The summed E-state index contributed by atoms with van der Waals surface area (Å²) in [5, 5.41) is 3.16. The maximum Gasteiger partial charge on any atom is 0.178 e. The number of hydrogen-bond donors (Lipinski definition) is 1. The van der Waals surface area contributed by atoms with Gasteiger partial charge in [-0.05, 0) is 44.9 Å². The number of nitrogens with zero attached hydrogens (tertiary/aromatic N) is 1. The van der Waals surface area contributed by atoms with E-state index >= 15 is 0 Å². The van der Waals surface area contributed by atoms with Gasteiger partial charge in [0, 0.05) is 23.0 Å². The van der Waals surface area contributed by atoms with Gasteiger partial charge in [0.05, 0.1) is 19.4 Å². The van der Waals surface area contributed by atoms with Crippen LogP contribution in [-0.2, 0) is 6.54 Å². The van der Waals surface area contributed by atoms with Gasteiger partial charge in [-0.15, -0.1) is 0 Å². The predicted octanol–water partition coefficient (Wildman–Crippen LogP) is 3.79. The number of aryl methyl sites for hydroxylation is 1. The molecule has 2 heterocycles. The first-order valence-electron chi connectivity index (χ1n) is 8.11. The minimum atomic E-state index is 0.156. The molecule has 2 aromatic rings. The van der Waals surface area contributed by atoms with E-state index in [0.717, 1.165) is 17.0 Å². The smallest absolute Gasteiger partial charge is 0.178 e. The van der Waals surface area contributed by atoms with Crippen LogP contribution in [0.25, 0.3) is 0 Å². The largest absolute Gasteiger partial charge is 0.468 e. The van der Waals surface area contributed by atoms with Crippen LogP contribution in [0.15, 0.2) is 28.9 Å². The van der Waals surface area contributed by atoms with Crippen LogP contribution in [0, 0.1) is 13.8 Å². The third-order valence-corrected chi connectivity index (χ3v) is 4.64. The highest BCUT2D eigenvalue weighted by atomic mass is 16.3. The van der Waals surface area contributed by atoms with Crippen molar-refractivity contribution < 1.29 is 9.21 Å². The summed E-state index contributed by atoms with van der Waals surface area (Å²) in [6.07, 6.45) is 6.72. The number of Topliss-reactive ketones (excluding diaryl/α,β-unsaturated/α-hetero) is 1. The number of aromatic nitrogens is 1. The van der Waals surface area contributed by atoms with Crippen LogP contribution in [0.2, 0.25) is 0 Å². The highest BCUT2D eigenvalue weighted by Crippen LogP contribution is 2.33. The summed E-state index contributed by atoms with van der Waals surface area (Å²) < 4.78 is 7.63. The second-order valence-corrected chi connectivity index (χ2v) is 6.20. The summed E-state index contributed by atoms with van der Waals surface area (Å²) in [6.45, 7) is 5.11. The molecule has 0 amide bonds. The Kier molecular flexibility index (Phi) is 4.48. The van der Waals surface area contributed by atoms with Gasteiger partial charge in [0.25, 0.3) is 0 Å². The molecule has 0 radical (unpaired) electrons. The topological polar surface area (TPSA) is 47.2 Å². The fourth-order valence-electron chi connectivity index (χ4n) is 3.59. The predicted molar refractivity (Wildman–Crippen MR) is 86.2 cm³/mol. The molecule has 4 heteroatoms. The molecule has 0 bridgehead atoms. The van der Waals surface area contributed by atoms with Gasteiger partial charge in [-0.25, -0.2) is 0 Å². The lowest BCUT2D eigenvalue weighted by atomic mass is 10.1. The van der Waals surface area contributed by atoms with Crippen LogP contribution in [0.1, 0.15) is 59.2 Å². The summed E-state index contributed by atoms with van der Waals surface area (Å²) >= 11 is 0. The Morgan fingerprint density at radius 1 is 1.36 bits per heavy atom. The standard InChI is InChI=1S/C18H24N2O2/c1-13-10-17(14(2)20(13)15-6-3-4-7-15)18(21)12-19-11-16-8-5-9-22-16/h5,8-10,15,19H,3-4,6-7,11-12H2,1-2H3. The molecule has 0 unspecified atom stereocenters. The summed E-state index contributed by atoms with van der Waals surface area (Å²) in [5.41, 5.74) is 3.18. The summed E-state index contributed by atoms with van der Waals surface area (Å²) in [7, 11) is 0. The van der Waals surface area contributed by atoms with Crippen LogP contribution < -0.4 is 5.32 Å². The van der Waals surface area contributed by atoms with Crippen molar-refractivity contribution in [2.75, 3.05) is 6.54 Å². The van der Waals surface area contributed by atoms with Crippen molar-refractivity contribution in [3.05, 3.63) is 47.2 Å². The Bertz CT molecular complexity index is 634. The number of carbonyl (C=O) groups is 1. The first kappa shape index (κ1) is 15.1. The molecule has 1 aliphatic rings. The second-order valence-electron chi connectivity index (χ2n) is 6.20. The van der Waals surface area contributed by atoms with Gasteiger partial charge in [0.1, 0.15) is 5.76 Å². The van der Waals surface area contributed by atoms with Crippen molar-refractivity contribution in [1.82, 2.24) is 9.88 Å². The highest BCUT2D eigenvalue weighted by Gasteiger charge is 2.23. The van der Waals surface area contributed by atoms with E-state index in [4.69, 9.17) is 4.42 Å². The van der Waals surface area contributed by atoms with E-state index in [2.05, 4.69) is 23.7 Å². The summed E-state index contributed by atoms with van der Waals surface area (Å²) in [6, 6.07) is 6.39. The SMILES string of the molecule is Cc1cc(C(=O)CNCc2ccco2)c(C)n1C1CCCC1. The van der Waals surface area contributed by atoms with E-state index in [1.807, 2.05) is 18.2 Å². The lowest BCUT2D eigenvalue weighted by Crippen LogP contribution is -2.23. The molecule has 0 atom stereocenters. The van der Waals surface area contributed by atoms with E-state index in [0.29, 0.717) is 19.1 Å². The molecule has 22 heavy (non-hydrogen) atoms. The Labute approximate surface area is 131 Å². The molecule has 3 rings (SSSR count). The Balaban J connectivity index is 1.66. The minimum absolute atomic E-state index is 0.156. The van der Waals surface area contributed by atoms with Crippen LogP contribution in [0.3, 0.4) is 0 Å². The molecule has 2 aromatic heterocycles. The lowest BCUT2D eigenvalue weighted by Gasteiger charge is -2.17. The van der Waals surface area contributed by atoms with Gasteiger partial charge in [-0.1, -0.05) is 12.8 Å². The van der Waals surface area contributed by atoms with Crippen molar-refractivity contribution in [3.63, 3.8) is 0 Å². The molecular formula is C18H24N2O2. The Morgan fingerprint density at radius 2 is 2.14 bits per heavy atom. The Hall–Kier alpha value is -1.81. The fraction of sp³-hybridized carbons (Fsp3) is 0.500. The van der Waals surface area contributed by atoms with Gasteiger partial charge in [-0.2, -0.15) is 0 Å². The first-order valence-corrected chi connectivity index (χ1v) is 8.11. The Morgan fingerprint density at radius 3 is 2.82 bits per heavy atom. The van der Waals surface area contributed by atoms with Crippen LogP contribution in [-0.4, -0.2) is 16.9 Å². The number of hydrogen-bond acceptors (Lipinski definition) is 3. The number of carbonyl (C=O) groups excluding carboxylic acids is 1.